The van der Waals surface area contributed by atoms with Gasteiger partial charge in [0.15, 0.2) is 5.78 Å². The molecule has 26 heavy (non-hydrogen) atoms. The number of anilines is 1. The van der Waals surface area contributed by atoms with E-state index >= 15 is 0 Å². The summed E-state index contributed by atoms with van der Waals surface area (Å²) < 4.78 is 18.4. The van der Waals surface area contributed by atoms with Crippen LogP contribution >= 0.6 is 0 Å². The SMILES string of the molecule is COc1ccc(C(CC(=O)c2ccccc2)Nc2ccc(F)cc2)cc1. The van der Waals surface area contributed by atoms with E-state index in [9.17, 15) is 9.18 Å². The third kappa shape index (κ3) is 4.48. The molecule has 1 unspecified atom stereocenters. The number of methoxy groups -OCH3 is 1. The summed E-state index contributed by atoms with van der Waals surface area (Å²) in [7, 11) is 1.61. The van der Waals surface area contributed by atoms with E-state index in [2.05, 4.69) is 5.32 Å². The lowest BCUT2D eigenvalue weighted by Gasteiger charge is -2.20. The van der Waals surface area contributed by atoms with Gasteiger partial charge in [0, 0.05) is 17.7 Å². The van der Waals surface area contributed by atoms with Gasteiger partial charge in [-0.15, -0.1) is 0 Å². The first-order valence-corrected chi connectivity index (χ1v) is 8.40. The Morgan fingerprint density at radius 2 is 1.62 bits per heavy atom. The molecule has 3 rings (SSSR count). The zero-order valence-electron chi connectivity index (χ0n) is 14.5. The van der Waals surface area contributed by atoms with Crippen molar-refractivity contribution in [3.8, 4) is 5.75 Å². The van der Waals surface area contributed by atoms with E-state index in [1.807, 2.05) is 54.6 Å². The Bertz CT molecular complexity index is 846. The standard InChI is InChI=1S/C22H20FNO2/c1-26-20-13-7-16(8-14-20)21(24-19-11-9-18(23)10-12-19)15-22(25)17-5-3-2-4-6-17/h2-14,21,24H,15H2,1H3. The second-order valence-corrected chi connectivity index (χ2v) is 5.97. The fourth-order valence-corrected chi connectivity index (χ4v) is 2.76. The molecule has 0 saturated carbocycles. The third-order valence-electron chi connectivity index (χ3n) is 4.19. The lowest BCUT2D eigenvalue weighted by atomic mass is 9.97. The van der Waals surface area contributed by atoms with Gasteiger partial charge < -0.3 is 10.1 Å². The minimum atomic E-state index is -0.295. The molecule has 0 heterocycles. The fourth-order valence-electron chi connectivity index (χ4n) is 2.76. The normalized spacial score (nSPS) is 11.6. The van der Waals surface area contributed by atoms with Crippen LogP contribution in [-0.2, 0) is 0 Å². The van der Waals surface area contributed by atoms with Gasteiger partial charge in [0.1, 0.15) is 11.6 Å². The molecule has 0 amide bonds. The van der Waals surface area contributed by atoms with Gasteiger partial charge in [-0.05, 0) is 42.0 Å². The van der Waals surface area contributed by atoms with Crippen LogP contribution in [0.1, 0.15) is 28.4 Å². The summed E-state index contributed by atoms with van der Waals surface area (Å²) in [6.45, 7) is 0. The number of Topliss-reactive ketones (excluding diaryl/α,β-unsaturated/α-hetero) is 1. The molecule has 0 spiro atoms. The molecule has 3 aromatic carbocycles. The largest absolute Gasteiger partial charge is 0.497 e. The molecular formula is C22H20FNO2. The first-order chi connectivity index (χ1) is 12.7. The molecule has 0 bridgehead atoms. The smallest absolute Gasteiger partial charge is 0.165 e. The zero-order valence-corrected chi connectivity index (χ0v) is 14.5. The molecule has 0 aromatic heterocycles. The van der Waals surface area contributed by atoms with Crippen LogP contribution in [0.25, 0.3) is 0 Å². The third-order valence-corrected chi connectivity index (χ3v) is 4.19. The Labute approximate surface area is 152 Å². The van der Waals surface area contributed by atoms with Crippen molar-refractivity contribution in [2.24, 2.45) is 0 Å². The van der Waals surface area contributed by atoms with Crippen LogP contribution in [0, 0.1) is 5.82 Å². The molecule has 3 nitrogen and oxygen atoms in total. The Morgan fingerprint density at radius 3 is 2.23 bits per heavy atom. The van der Waals surface area contributed by atoms with Crippen molar-refractivity contribution in [1.29, 1.82) is 0 Å². The summed E-state index contributed by atoms with van der Waals surface area (Å²) in [6, 6.07) is 22.7. The van der Waals surface area contributed by atoms with E-state index in [4.69, 9.17) is 4.74 Å². The van der Waals surface area contributed by atoms with Crippen molar-refractivity contribution < 1.29 is 13.9 Å². The molecular weight excluding hydrogens is 329 g/mol. The molecule has 0 fully saturated rings. The van der Waals surface area contributed by atoms with Gasteiger partial charge in [0.2, 0.25) is 0 Å². The number of ketones is 1. The maximum absolute atomic E-state index is 13.2. The summed E-state index contributed by atoms with van der Waals surface area (Å²) >= 11 is 0. The van der Waals surface area contributed by atoms with Gasteiger partial charge in [-0.3, -0.25) is 4.79 Å². The van der Waals surface area contributed by atoms with Gasteiger partial charge in [0.05, 0.1) is 13.2 Å². The maximum atomic E-state index is 13.2. The van der Waals surface area contributed by atoms with Gasteiger partial charge in [0.25, 0.3) is 0 Å². The monoisotopic (exact) mass is 349 g/mol. The predicted molar refractivity (Wildman–Crippen MR) is 101 cm³/mol. The Balaban J connectivity index is 1.84. The quantitative estimate of drug-likeness (QED) is 0.591. The summed E-state index contributed by atoms with van der Waals surface area (Å²) in [5.74, 6) is 0.501. The van der Waals surface area contributed by atoms with Crippen LogP contribution in [0.4, 0.5) is 10.1 Å². The summed E-state index contributed by atoms with van der Waals surface area (Å²) in [5.41, 5.74) is 2.39. The first-order valence-electron chi connectivity index (χ1n) is 8.40. The molecule has 0 aliphatic rings. The number of carbonyl (C=O) groups is 1. The maximum Gasteiger partial charge on any atom is 0.165 e. The lowest BCUT2D eigenvalue weighted by Crippen LogP contribution is -2.16. The first kappa shape index (κ1) is 17.7. The highest BCUT2D eigenvalue weighted by molar-refractivity contribution is 5.96. The molecule has 0 aliphatic heterocycles. The second-order valence-electron chi connectivity index (χ2n) is 5.97. The number of nitrogens with one attached hydrogen (secondary N) is 1. The van der Waals surface area contributed by atoms with Crippen LogP contribution in [0.15, 0.2) is 78.9 Å². The Kier molecular flexibility index (Phi) is 5.64. The molecule has 0 radical (unpaired) electrons. The Hall–Kier alpha value is -3.14. The number of carbonyl (C=O) groups excluding carboxylic acids is 1. The van der Waals surface area contributed by atoms with Crippen LogP contribution < -0.4 is 10.1 Å². The minimum Gasteiger partial charge on any atom is -0.497 e. The Morgan fingerprint density at radius 1 is 0.962 bits per heavy atom. The van der Waals surface area contributed by atoms with E-state index < -0.39 is 0 Å². The molecule has 0 aliphatic carbocycles. The minimum absolute atomic E-state index is 0.0426. The summed E-state index contributed by atoms with van der Waals surface area (Å²) in [5, 5.41) is 3.33. The van der Waals surface area contributed by atoms with Crippen molar-refractivity contribution >= 4 is 11.5 Å². The molecule has 0 saturated heterocycles. The lowest BCUT2D eigenvalue weighted by molar-refractivity contribution is 0.0976. The highest BCUT2D eigenvalue weighted by Gasteiger charge is 2.17. The van der Waals surface area contributed by atoms with Crippen molar-refractivity contribution in [1.82, 2.24) is 0 Å². The van der Waals surface area contributed by atoms with Crippen LogP contribution in [-0.4, -0.2) is 12.9 Å². The average molecular weight is 349 g/mol. The highest BCUT2D eigenvalue weighted by Crippen LogP contribution is 2.26. The predicted octanol–water partition coefficient (Wildman–Crippen LogP) is 5.26. The number of benzene rings is 3. The van der Waals surface area contributed by atoms with Crippen LogP contribution in [0.2, 0.25) is 0 Å². The fraction of sp³-hybridized carbons (Fsp3) is 0.136. The summed E-state index contributed by atoms with van der Waals surface area (Å²) in [6.07, 6.45) is 0.285. The van der Waals surface area contributed by atoms with Gasteiger partial charge >= 0.3 is 0 Å². The van der Waals surface area contributed by atoms with Crippen LogP contribution in [0.3, 0.4) is 0 Å². The second kappa shape index (κ2) is 8.30. The van der Waals surface area contributed by atoms with Crippen LogP contribution in [0.5, 0.6) is 5.75 Å². The highest BCUT2D eigenvalue weighted by atomic mass is 19.1. The zero-order chi connectivity index (χ0) is 18.4. The number of halogens is 1. The summed E-state index contributed by atoms with van der Waals surface area (Å²) in [4.78, 5) is 12.7. The van der Waals surface area contributed by atoms with E-state index in [0.29, 0.717) is 5.56 Å². The molecule has 1 atom stereocenters. The topological polar surface area (TPSA) is 38.3 Å². The van der Waals surface area contributed by atoms with Crippen molar-refractivity contribution in [3.63, 3.8) is 0 Å². The van der Waals surface area contributed by atoms with E-state index in [1.165, 1.54) is 12.1 Å². The van der Waals surface area contributed by atoms with E-state index in [-0.39, 0.29) is 24.1 Å². The number of hydrogen-bond donors (Lipinski definition) is 1. The van der Waals surface area contributed by atoms with Gasteiger partial charge in [-0.2, -0.15) is 0 Å². The van der Waals surface area contributed by atoms with E-state index in [0.717, 1.165) is 17.0 Å². The molecule has 3 aromatic rings. The molecule has 132 valence electrons. The van der Waals surface area contributed by atoms with Gasteiger partial charge in [-0.25, -0.2) is 4.39 Å². The number of ether oxygens (including phenoxy) is 1. The van der Waals surface area contributed by atoms with Crippen molar-refractivity contribution in [2.45, 2.75) is 12.5 Å². The van der Waals surface area contributed by atoms with E-state index in [1.54, 1.807) is 19.2 Å². The number of rotatable bonds is 7. The molecule has 4 heteroatoms. The molecule has 1 N–H and O–H groups in total. The average Bonchev–Trinajstić information content (AvgIpc) is 2.70. The van der Waals surface area contributed by atoms with Gasteiger partial charge in [-0.1, -0.05) is 42.5 Å². The van der Waals surface area contributed by atoms with Crippen molar-refractivity contribution in [3.05, 3.63) is 95.8 Å². The number of hydrogen-bond acceptors (Lipinski definition) is 3. The van der Waals surface area contributed by atoms with Crippen molar-refractivity contribution in [2.75, 3.05) is 12.4 Å².